The van der Waals surface area contributed by atoms with Gasteiger partial charge in [-0.1, -0.05) is 42.5 Å². The number of rotatable bonds is 6. The smallest absolute Gasteiger partial charge is 0.348 e. The van der Waals surface area contributed by atoms with E-state index in [-0.39, 0.29) is 12.2 Å². The molecule has 0 heterocycles. The van der Waals surface area contributed by atoms with Crippen LogP contribution in [0.3, 0.4) is 0 Å². The van der Waals surface area contributed by atoms with Gasteiger partial charge in [0.1, 0.15) is 24.0 Å². The molecule has 0 N–H and O–H groups in total. The van der Waals surface area contributed by atoms with Gasteiger partial charge in [-0.2, -0.15) is 5.26 Å². The zero-order valence-corrected chi connectivity index (χ0v) is 12.9. The van der Waals surface area contributed by atoms with E-state index in [2.05, 4.69) is 0 Å². The average Bonchev–Trinajstić information content (AvgIpc) is 2.59. The third-order valence-corrected chi connectivity index (χ3v) is 3.03. The van der Waals surface area contributed by atoms with E-state index in [1.54, 1.807) is 19.1 Å². The van der Waals surface area contributed by atoms with Crippen molar-refractivity contribution in [1.82, 2.24) is 0 Å². The molecule has 0 radical (unpaired) electrons. The van der Waals surface area contributed by atoms with E-state index < -0.39 is 5.97 Å². The van der Waals surface area contributed by atoms with Gasteiger partial charge in [0.2, 0.25) is 0 Å². The zero-order chi connectivity index (χ0) is 16.5. The van der Waals surface area contributed by atoms with E-state index >= 15 is 0 Å². The highest BCUT2D eigenvalue weighted by molar-refractivity contribution is 5.97. The summed E-state index contributed by atoms with van der Waals surface area (Å²) < 4.78 is 10.6. The van der Waals surface area contributed by atoms with Gasteiger partial charge >= 0.3 is 5.97 Å². The Morgan fingerprint density at radius 1 is 1.17 bits per heavy atom. The molecule has 23 heavy (non-hydrogen) atoms. The van der Waals surface area contributed by atoms with Gasteiger partial charge in [0.05, 0.1) is 6.61 Å². The third kappa shape index (κ3) is 5.01. The number of nitriles is 1. The maximum atomic E-state index is 11.6. The summed E-state index contributed by atoms with van der Waals surface area (Å²) in [6.07, 6.45) is 1.49. The van der Waals surface area contributed by atoms with Crippen LogP contribution in [0.2, 0.25) is 0 Å². The van der Waals surface area contributed by atoms with Gasteiger partial charge in [-0.3, -0.25) is 0 Å². The van der Waals surface area contributed by atoms with E-state index in [9.17, 15) is 4.79 Å². The van der Waals surface area contributed by atoms with Crippen molar-refractivity contribution in [1.29, 1.82) is 5.26 Å². The van der Waals surface area contributed by atoms with Gasteiger partial charge in [0.25, 0.3) is 0 Å². The number of hydrogen-bond donors (Lipinski definition) is 0. The summed E-state index contributed by atoms with van der Waals surface area (Å²) >= 11 is 0. The molecule has 0 amide bonds. The Kier molecular flexibility index (Phi) is 5.96. The first kappa shape index (κ1) is 16.3. The molecular formula is C19H17NO3. The topological polar surface area (TPSA) is 59.3 Å². The van der Waals surface area contributed by atoms with Crippen LogP contribution in [0.15, 0.2) is 60.2 Å². The molecule has 0 aromatic heterocycles. The maximum Gasteiger partial charge on any atom is 0.348 e. The molecule has 2 aromatic carbocycles. The highest BCUT2D eigenvalue weighted by Gasteiger charge is 2.09. The molecule has 0 aliphatic rings. The Morgan fingerprint density at radius 2 is 1.96 bits per heavy atom. The van der Waals surface area contributed by atoms with Crippen LogP contribution in [0.5, 0.6) is 5.75 Å². The van der Waals surface area contributed by atoms with Gasteiger partial charge in [0.15, 0.2) is 0 Å². The van der Waals surface area contributed by atoms with Gasteiger partial charge in [-0.05, 0) is 36.3 Å². The van der Waals surface area contributed by atoms with Crippen LogP contribution in [0.25, 0.3) is 6.08 Å². The predicted molar refractivity (Wildman–Crippen MR) is 87.4 cm³/mol. The standard InChI is InChI=1S/C19H17NO3/c1-2-22-19(21)17(13-20)11-16-9-6-10-18(12-16)23-14-15-7-4-3-5-8-15/h3-12H,2,14H2,1H3. The summed E-state index contributed by atoms with van der Waals surface area (Å²) in [5.74, 6) is 0.0503. The van der Waals surface area contributed by atoms with Crippen LogP contribution in [0.1, 0.15) is 18.1 Å². The molecule has 0 aliphatic heterocycles. The molecule has 0 saturated heterocycles. The van der Waals surface area contributed by atoms with Crippen molar-refractivity contribution in [2.75, 3.05) is 6.61 Å². The molecule has 4 nitrogen and oxygen atoms in total. The number of ether oxygens (including phenoxy) is 2. The molecule has 4 heteroatoms. The fourth-order valence-electron chi connectivity index (χ4n) is 1.95. The normalized spacial score (nSPS) is 10.7. The summed E-state index contributed by atoms with van der Waals surface area (Å²) in [7, 11) is 0. The SMILES string of the molecule is CCOC(=O)C(C#N)=Cc1cccc(OCc2ccccc2)c1. The van der Waals surface area contributed by atoms with Crippen molar-refractivity contribution in [2.24, 2.45) is 0 Å². The monoisotopic (exact) mass is 307 g/mol. The van der Waals surface area contributed by atoms with Crippen molar-refractivity contribution in [3.63, 3.8) is 0 Å². The molecule has 0 bridgehead atoms. The minimum absolute atomic E-state index is 0.0351. The summed E-state index contributed by atoms with van der Waals surface area (Å²) in [4.78, 5) is 11.6. The van der Waals surface area contributed by atoms with Crippen molar-refractivity contribution in [3.8, 4) is 11.8 Å². The average molecular weight is 307 g/mol. The molecule has 2 aromatic rings. The van der Waals surface area contributed by atoms with E-state index in [0.29, 0.717) is 17.9 Å². The minimum atomic E-state index is -0.620. The van der Waals surface area contributed by atoms with Gasteiger partial charge in [-0.25, -0.2) is 4.79 Å². The van der Waals surface area contributed by atoms with Crippen LogP contribution in [-0.2, 0) is 16.1 Å². The second-order valence-electron chi connectivity index (χ2n) is 4.74. The first-order valence-corrected chi connectivity index (χ1v) is 7.28. The number of hydrogen-bond acceptors (Lipinski definition) is 4. The van der Waals surface area contributed by atoms with Gasteiger partial charge in [0, 0.05) is 0 Å². The van der Waals surface area contributed by atoms with E-state index in [0.717, 1.165) is 5.56 Å². The largest absolute Gasteiger partial charge is 0.489 e. The first-order chi connectivity index (χ1) is 11.2. The summed E-state index contributed by atoms with van der Waals surface area (Å²) in [5, 5.41) is 9.06. The lowest BCUT2D eigenvalue weighted by Crippen LogP contribution is -2.06. The highest BCUT2D eigenvalue weighted by atomic mass is 16.5. The number of benzene rings is 2. The lowest BCUT2D eigenvalue weighted by atomic mass is 10.1. The molecule has 0 unspecified atom stereocenters. The second-order valence-corrected chi connectivity index (χ2v) is 4.74. The lowest BCUT2D eigenvalue weighted by Gasteiger charge is -2.07. The van der Waals surface area contributed by atoms with E-state index in [4.69, 9.17) is 14.7 Å². The fraction of sp³-hybridized carbons (Fsp3) is 0.158. The van der Waals surface area contributed by atoms with Crippen LogP contribution < -0.4 is 4.74 Å². The molecule has 0 atom stereocenters. The lowest BCUT2D eigenvalue weighted by molar-refractivity contribution is -0.137. The number of carbonyl (C=O) groups is 1. The number of nitrogens with zero attached hydrogens (tertiary/aromatic N) is 1. The van der Waals surface area contributed by atoms with Crippen molar-refractivity contribution >= 4 is 12.0 Å². The molecule has 0 saturated carbocycles. The summed E-state index contributed by atoms with van der Waals surface area (Å²) in [5.41, 5.74) is 1.74. The van der Waals surface area contributed by atoms with E-state index in [1.165, 1.54) is 6.08 Å². The quantitative estimate of drug-likeness (QED) is 0.463. The second kappa shape index (κ2) is 8.40. The summed E-state index contributed by atoms with van der Waals surface area (Å²) in [6.45, 7) is 2.39. The molecule has 0 spiro atoms. The Bertz CT molecular complexity index is 730. The van der Waals surface area contributed by atoms with E-state index in [1.807, 2.05) is 48.5 Å². The van der Waals surface area contributed by atoms with Crippen LogP contribution in [-0.4, -0.2) is 12.6 Å². The fourth-order valence-corrected chi connectivity index (χ4v) is 1.95. The minimum Gasteiger partial charge on any atom is -0.489 e. The molecule has 0 fully saturated rings. The summed E-state index contributed by atoms with van der Waals surface area (Å²) in [6, 6.07) is 18.9. The highest BCUT2D eigenvalue weighted by Crippen LogP contribution is 2.17. The van der Waals surface area contributed by atoms with Crippen LogP contribution >= 0.6 is 0 Å². The molecule has 0 aliphatic carbocycles. The maximum absolute atomic E-state index is 11.6. The van der Waals surface area contributed by atoms with Crippen LogP contribution in [0.4, 0.5) is 0 Å². The Labute approximate surface area is 135 Å². The molecular weight excluding hydrogens is 290 g/mol. The Hall–Kier alpha value is -3.06. The Balaban J connectivity index is 2.10. The first-order valence-electron chi connectivity index (χ1n) is 7.28. The van der Waals surface area contributed by atoms with Crippen LogP contribution in [0, 0.1) is 11.3 Å². The zero-order valence-electron chi connectivity index (χ0n) is 12.9. The number of esters is 1. The van der Waals surface area contributed by atoms with Crippen molar-refractivity contribution in [2.45, 2.75) is 13.5 Å². The van der Waals surface area contributed by atoms with Gasteiger partial charge in [-0.15, -0.1) is 0 Å². The number of carbonyl (C=O) groups excluding carboxylic acids is 1. The van der Waals surface area contributed by atoms with Gasteiger partial charge < -0.3 is 9.47 Å². The van der Waals surface area contributed by atoms with Crippen molar-refractivity contribution < 1.29 is 14.3 Å². The Morgan fingerprint density at radius 3 is 2.65 bits per heavy atom. The molecule has 116 valence electrons. The third-order valence-electron chi connectivity index (χ3n) is 3.03. The van der Waals surface area contributed by atoms with Crippen molar-refractivity contribution in [3.05, 3.63) is 71.3 Å². The predicted octanol–water partition coefficient (Wildman–Crippen LogP) is 3.74. The molecule has 2 rings (SSSR count).